The first-order chi connectivity index (χ1) is 15.5. The largest absolute Gasteiger partial charge is 0.494 e. The van der Waals surface area contributed by atoms with Crippen LogP contribution in [0.4, 0.5) is 5.13 Å². The standard InChI is InChI=1S/C25H24ClN3O2S/c1-3-4-12-31-21-10-7-8-18(14-21)24(30)29(16-20-9-5-6-11-27-20)25-28-23-17(2)13-19(26)15-22(23)32-25/h5-11,13-15H,3-4,12,16H2,1-2H3. The third kappa shape index (κ3) is 5.09. The first-order valence-electron chi connectivity index (χ1n) is 10.6. The van der Waals surface area contributed by atoms with Crippen LogP contribution in [0.25, 0.3) is 10.2 Å². The minimum Gasteiger partial charge on any atom is -0.494 e. The number of ether oxygens (including phenoxy) is 1. The van der Waals surface area contributed by atoms with Crippen molar-refractivity contribution in [3.63, 3.8) is 0 Å². The number of hydrogen-bond donors (Lipinski definition) is 0. The molecule has 2 aromatic carbocycles. The molecule has 0 aliphatic heterocycles. The van der Waals surface area contributed by atoms with Crippen LogP contribution in [0.3, 0.4) is 0 Å². The molecule has 0 atom stereocenters. The number of carbonyl (C=O) groups is 1. The van der Waals surface area contributed by atoms with Crippen molar-refractivity contribution < 1.29 is 9.53 Å². The molecule has 164 valence electrons. The number of hydrogen-bond acceptors (Lipinski definition) is 5. The lowest BCUT2D eigenvalue weighted by Gasteiger charge is -2.20. The van der Waals surface area contributed by atoms with E-state index in [2.05, 4.69) is 11.9 Å². The van der Waals surface area contributed by atoms with E-state index in [0.29, 0.717) is 34.6 Å². The number of pyridine rings is 1. The van der Waals surface area contributed by atoms with E-state index in [0.717, 1.165) is 34.3 Å². The highest BCUT2D eigenvalue weighted by atomic mass is 35.5. The van der Waals surface area contributed by atoms with E-state index in [4.69, 9.17) is 21.3 Å². The molecule has 0 saturated heterocycles. The van der Waals surface area contributed by atoms with Gasteiger partial charge >= 0.3 is 0 Å². The van der Waals surface area contributed by atoms with Crippen molar-refractivity contribution in [1.29, 1.82) is 0 Å². The van der Waals surface area contributed by atoms with Crippen LogP contribution in [-0.2, 0) is 6.54 Å². The molecule has 4 aromatic rings. The molecule has 1 amide bonds. The molecule has 0 saturated carbocycles. The number of fused-ring (bicyclic) bond motifs is 1. The summed E-state index contributed by atoms with van der Waals surface area (Å²) in [6, 6.07) is 16.8. The molecule has 0 aliphatic carbocycles. The molecule has 5 nitrogen and oxygen atoms in total. The Labute approximate surface area is 196 Å². The Morgan fingerprint density at radius 2 is 2.03 bits per heavy atom. The van der Waals surface area contributed by atoms with E-state index in [9.17, 15) is 4.79 Å². The van der Waals surface area contributed by atoms with Gasteiger partial charge in [0.25, 0.3) is 5.91 Å². The number of anilines is 1. The Balaban J connectivity index is 1.71. The summed E-state index contributed by atoms with van der Waals surface area (Å²) in [5.74, 6) is 0.536. The normalized spacial score (nSPS) is 11.0. The maximum atomic E-state index is 13.6. The predicted molar refractivity (Wildman–Crippen MR) is 131 cm³/mol. The maximum Gasteiger partial charge on any atom is 0.260 e. The molecule has 2 aromatic heterocycles. The zero-order valence-corrected chi connectivity index (χ0v) is 19.6. The summed E-state index contributed by atoms with van der Waals surface area (Å²) in [5.41, 5.74) is 3.16. The minimum absolute atomic E-state index is 0.153. The van der Waals surface area contributed by atoms with Crippen molar-refractivity contribution in [1.82, 2.24) is 9.97 Å². The molecule has 0 fully saturated rings. The number of rotatable bonds is 8. The first-order valence-corrected chi connectivity index (χ1v) is 11.8. The van der Waals surface area contributed by atoms with Crippen LogP contribution in [0.5, 0.6) is 5.75 Å². The number of amides is 1. The van der Waals surface area contributed by atoms with E-state index in [1.165, 1.54) is 11.3 Å². The second-order valence-corrected chi connectivity index (χ2v) is 8.95. The lowest BCUT2D eigenvalue weighted by molar-refractivity contribution is 0.0984. The van der Waals surface area contributed by atoms with E-state index >= 15 is 0 Å². The van der Waals surface area contributed by atoms with Gasteiger partial charge in [-0.25, -0.2) is 4.98 Å². The maximum absolute atomic E-state index is 13.6. The summed E-state index contributed by atoms with van der Waals surface area (Å²) < 4.78 is 6.75. The fourth-order valence-corrected chi connectivity index (χ4v) is 4.77. The molecule has 0 aliphatic rings. The van der Waals surface area contributed by atoms with Crippen molar-refractivity contribution in [2.24, 2.45) is 0 Å². The van der Waals surface area contributed by atoms with E-state index < -0.39 is 0 Å². The summed E-state index contributed by atoms with van der Waals surface area (Å²) in [4.78, 5) is 24.5. The average Bonchev–Trinajstić information content (AvgIpc) is 3.22. The van der Waals surface area contributed by atoms with Crippen LogP contribution >= 0.6 is 22.9 Å². The Morgan fingerprint density at radius 3 is 2.81 bits per heavy atom. The minimum atomic E-state index is -0.153. The predicted octanol–water partition coefficient (Wildman–Crippen LogP) is 6.68. The van der Waals surface area contributed by atoms with Gasteiger partial charge in [0.1, 0.15) is 5.75 Å². The average molecular weight is 466 g/mol. The molecule has 32 heavy (non-hydrogen) atoms. The smallest absolute Gasteiger partial charge is 0.260 e. The number of nitrogens with zero attached hydrogens (tertiary/aromatic N) is 3. The molecule has 0 unspecified atom stereocenters. The highest BCUT2D eigenvalue weighted by molar-refractivity contribution is 7.22. The number of unbranched alkanes of at least 4 members (excludes halogenated alkanes) is 1. The quantitative estimate of drug-likeness (QED) is 0.272. The third-order valence-corrected chi connectivity index (χ3v) is 6.25. The monoisotopic (exact) mass is 465 g/mol. The molecule has 0 N–H and O–H groups in total. The number of thiazole rings is 1. The first kappa shape index (κ1) is 22.2. The number of aromatic nitrogens is 2. The summed E-state index contributed by atoms with van der Waals surface area (Å²) >= 11 is 7.69. The van der Waals surface area contributed by atoms with Crippen molar-refractivity contribution in [3.8, 4) is 5.75 Å². The topological polar surface area (TPSA) is 55.3 Å². The van der Waals surface area contributed by atoms with Gasteiger partial charge in [0.15, 0.2) is 5.13 Å². The van der Waals surface area contributed by atoms with Crippen LogP contribution < -0.4 is 9.64 Å². The number of carbonyl (C=O) groups excluding carboxylic acids is 1. The Morgan fingerprint density at radius 1 is 1.16 bits per heavy atom. The van der Waals surface area contributed by atoms with E-state index in [-0.39, 0.29) is 5.91 Å². The zero-order valence-electron chi connectivity index (χ0n) is 18.0. The third-order valence-electron chi connectivity index (χ3n) is 5.01. The Kier molecular flexibility index (Phi) is 7.02. The molecule has 4 rings (SSSR count). The van der Waals surface area contributed by atoms with Crippen LogP contribution in [0.2, 0.25) is 5.02 Å². The van der Waals surface area contributed by atoms with Gasteiger partial charge in [-0.3, -0.25) is 14.7 Å². The van der Waals surface area contributed by atoms with Gasteiger partial charge in [0, 0.05) is 16.8 Å². The fourth-order valence-electron chi connectivity index (χ4n) is 3.35. The van der Waals surface area contributed by atoms with Crippen molar-refractivity contribution >= 4 is 44.2 Å². The number of aryl methyl sites for hydroxylation is 1. The molecule has 0 radical (unpaired) electrons. The molecular formula is C25H24ClN3O2S. The number of halogens is 1. The fraction of sp³-hybridized carbons (Fsp3) is 0.240. The number of benzene rings is 2. The van der Waals surface area contributed by atoms with Gasteiger partial charge in [0.05, 0.1) is 29.1 Å². The SMILES string of the molecule is CCCCOc1cccc(C(=O)N(Cc2ccccn2)c2nc3c(C)cc(Cl)cc3s2)c1. The highest BCUT2D eigenvalue weighted by Crippen LogP contribution is 2.34. The molecule has 2 heterocycles. The Bertz CT molecular complexity index is 1230. The van der Waals surface area contributed by atoms with Gasteiger partial charge in [-0.05, 0) is 61.4 Å². The van der Waals surface area contributed by atoms with Crippen molar-refractivity contribution in [2.75, 3.05) is 11.5 Å². The summed E-state index contributed by atoms with van der Waals surface area (Å²) in [6.07, 6.45) is 3.75. The second kappa shape index (κ2) is 10.1. The van der Waals surface area contributed by atoms with Gasteiger partial charge in [-0.15, -0.1) is 0 Å². The summed E-state index contributed by atoms with van der Waals surface area (Å²) in [6.45, 7) is 5.03. The summed E-state index contributed by atoms with van der Waals surface area (Å²) in [7, 11) is 0. The van der Waals surface area contributed by atoms with Crippen LogP contribution in [0, 0.1) is 6.92 Å². The lowest BCUT2D eigenvalue weighted by atomic mass is 10.2. The molecule has 7 heteroatoms. The molecule has 0 spiro atoms. The Hall–Kier alpha value is -2.96. The second-order valence-electron chi connectivity index (χ2n) is 7.51. The van der Waals surface area contributed by atoms with Crippen molar-refractivity contribution in [3.05, 3.63) is 82.6 Å². The van der Waals surface area contributed by atoms with Gasteiger partial charge in [-0.2, -0.15) is 0 Å². The summed E-state index contributed by atoms with van der Waals surface area (Å²) in [5, 5.41) is 1.27. The lowest BCUT2D eigenvalue weighted by Crippen LogP contribution is -2.30. The van der Waals surface area contributed by atoms with Crippen molar-refractivity contribution in [2.45, 2.75) is 33.2 Å². The van der Waals surface area contributed by atoms with Crippen LogP contribution in [0.1, 0.15) is 41.4 Å². The van der Waals surface area contributed by atoms with Gasteiger partial charge in [0.2, 0.25) is 0 Å². The van der Waals surface area contributed by atoms with Gasteiger partial charge < -0.3 is 4.74 Å². The van der Waals surface area contributed by atoms with Crippen LogP contribution in [-0.4, -0.2) is 22.5 Å². The molecular weight excluding hydrogens is 442 g/mol. The zero-order chi connectivity index (χ0) is 22.5. The van der Waals surface area contributed by atoms with Gasteiger partial charge in [-0.1, -0.05) is 48.4 Å². The van der Waals surface area contributed by atoms with E-state index in [1.807, 2.05) is 49.4 Å². The molecule has 0 bridgehead atoms. The highest BCUT2D eigenvalue weighted by Gasteiger charge is 2.23. The van der Waals surface area contributed by atoms with Crippen LogP contribution in [0.15, 0.2) is 60.8 Å². The van der Waals surface area contributed by atoms with E-state index in [1.54, 1.807) is 23.2 Å².